The largest absolute Gasteiger partial charge is 0.497 e. The van der Waals surface area contributed by atoms with Gasteiger partial charge in [0.15, 0.2) is 0 Å². The molecule has 1 aliphatic rings. The van der Waals surface area contributed by atoms with Gasteiger partial charge in [-0.05, 0) is 24.3 Å². The molecule has 0 aromatic heterocycles. The van der Waals surface area contributed by atoms with E-state index >= 15 is 0 Å². The second-order valence-corrected chi connectivity index (χ2v) is 6.69. The third-order valence-electron chi connectivity index (χ3n) is 4.61. The number of benzene rings is 2. The molecule has 8 heteroatoms. The zero-order valence-electron chi connectivity index (χ0n) is 15.8. The number of rotatable bonds is 6. The van der Waals surface area contributed by atoms with Crippen LogP contribution in [0.5, 0.6) is 17.2 Å². The summed E-state index contributed by atoms with van der Waals surface area (Å²) in [6, 6.07) is 10.3. The number of hydrogen-bond acceptors (Lipinski definition) is 5. The fourth-order valence-corrected chi connectivity index (χ4v) is 3.32. The molecular formula is C20H21ClN2O5. The highest BCUT2D eigenvalue weighted by Crippen LogP contribution is 2.36. The molecule has 1 N–H and O–H groups in total. The van der Waals surface area contributed by atoms with Crippen molar-refractivity contribution in [2.45, 2.75) is 6.42 Å². The first-order chi connectivity index (χ1) is 13.5. The van der Waals surface area contributed by atoms with Gasteiger partial charge in [-0.15, -0.1) is 0 Å². The molecule has 1 fully saturated rings. The van der Waals surface area contributed by atoms with Gasteiger partial charge in [-0.1, -0.05) is 11.6 Å². The van der Waals surface area contributed by atoms with Crippen LogP contribution in [0, 0.1) is 5.92 Å². The van der Waals surface area contributed by atoms with Crippen molar-refractivity contribution >= 4 is 34.8 Å². The van der Waals surface area contributed by atoms with E-state index in [0.29, 0.717) is 34.5 Å². The van der Waals surface area contributed by atoms with Crippen LogP contribution in [0.1, 0.15) is 6.42 Å². The van der Waals surface area contributed by atoms with Crippen LogP contribution < -0.4 is 24.4 Å². The summed E-state index contributed by atoms with van der Waals surface area (Å²) in [5, 5.41) is 3.19. The van der Waals surface area contributed by atoms with Gasteiger partial charge in [0, 0.05) is 30.8 Å². The van der Waals surface area contributed by atoms with Gasteiger partial charge in [0.25, 0.3) is 0 Å². The minimum atomic E-state index is -0.485. The Hall–Kier alpha value is -2.93. The summed E-state index contributed by atoms with van der Waals surface area (Å²) in [6.07, 6.45) is 0.130. The smallest absolute Gasteiger partial charge is 0.229 e. The number of ether oxygens (including phenoxy) is 3. The molecule has 148 valence electrons. The molecule has 2 aromatic rings. The van der Waals surface area contributed by atoms with Crippen LogP contribution in [0.4, 0.5) is 11.4 Å². The van der Waals surface area contributed by atoms with Crippen LogP contribution in [-0.2, 0) is 9.59 Å². The SMILES string of the molecule is COc1ccc(N2CC(C(=O)Nc3cc(OC)c(Cl)cc3OC)CC2=O)cc1. The molecule has 1 heterocycles. The molecule has 0 aliphatic carbocycles. The van der Waals surface area contributed by atoms with Crippen LogP contribution >= 0.6 is 11.6 Å². The summed E-state index contributed by atoms with van der Waals surface area (Å²) in [5.41, 5.74) is 1.16. The zero-order valence-corrected chi connectivity index (χ0v) is 16.6. The van der Waals surface area contributed by atoms with Gasteiger partial charge in [0.05, 0.1) is 38.0 Å². The first-order valence-electron chi connectivity index (χ1n) is 8.63. The van der Waals surface area contributed by atoms with Gasteiger partial charge >= 0.3 is 0 Å². The highest BCUT2D eigenvalue weighted by molar-refractivity contribution is 6.32. The molecule has 28 heavy (non-hydrogen) atoms. The molecule has 0 radical (unpaired) electrons. The minimum Gasteiger partial charge on any atom is -0.497 e. The van der Waals surface area contributed by atoms with E-state index in [1.165, 1.54) is 14.2 Å². The summed E-state index contributed by atoms with van der Waals surface area (Å²) in [7, 11) is 4.55. The number of carbonyl (C=O) groups is 2. The third kappa shape index (κ3) is 3.99. The minimum absolute atomic E-state index is 0.106. The summed E-state index contributed by atoms with van der Waals surface area (Å²) < 4.78 is 15.6. The van der Waals surface area contributed by atoms with Crippen molar-refractivity contribution < 1.29 is 23.8 Å². The fraction of sp³-hybridized carbons (Fsp3) is 0.300. The normalized spacial score (nSPS) is 16.1. The molecule has 7 nitrogen and oxygen atoms in total. The lowest BCUT2D eigenvalue weighted by atomic mass is 10.1. The average molecular weight is 405 g/mol. The molecule has 0 bridgehead atoms. The van der Waals surface area contributed by atoms with E-state index in [2.05, 4.69) is 5.32 Å². The first kappa shape index (κ1) is 19.8. The molecule has 2 aromatic carbocycles. The Kier molecular flexibility index (Phi) is 5.94. The monoisotopic (exact) mass is 404 g/mol. The summed E-state index contributed by atoms with van der Waals surface area (Å²) >= 11 is 6.09. The van der Waals surface area contributed by atoms with Crippen molar-refractivity contribution in [3.8, 4) is 17.2 Å². The quantitative estimate of drug-likeness (QED) is 0.798. The Morgan fingerprint density at radius 2 is 1.75 bits per heavy atom. The fourth-order valence-electron chi connectivity index (χ4n) is 3.09. The van der Waals surface area contributed by atoms with Gasteiger partial charge in [0.1, 0.15) is 17.2 Å². The van der Waals surface area contributed by atoms with Crippen molar-refractivity contribution in [2.75, 3.05) is 38.1 Å². The van der Waals surface area contributed by atoms with Gasteiger partial charge in [0.2, 0.25) is 11.8 Å². The van der Waals surface area contributed by atoms with Crippen LogP contribution in [0.2, 0.25) is 5.02 Å². The highest BCUT2D eigenvalue weighted by atomic mass is 35.5. The molecular weight excluding hydrogens is 384 g/mol. The first-order valence-corrected chi connectivity index (χ1v) is 9.01. The van der Waals surface area contributed by atoms with Crippen molar-refractivity contribution in [1.29, 1.82) is 0 Å². The van der Waals surface area contributed by atoms with Gasteiger partial charge in [-0.25, -0.2) is 0 Å². The Labute approximate surface area is 168 Å². The number of halogens is 1. The predicted octanol–water partition coefficient (Wildman–Crippen LogP) is 3.36. The molecule has 1 aliphatic heterocycles. The van der Waals surface area contributed by atoms with Crippen LogP contribution in [-0.4, -0.2) is 39.7 Å². The van der Waals surface area contributed by atoms with Crippen molar-refractivity contribution in [3.05, 3.63) is 41.4 Å². The van der Waals surface area contributed by atoms with Crippen molar-refractivity contribution in [3.63, 3.8) is 0 Å². The van der Waals surface area contributed by atoms with E-state index < -0.39 is 5.92 Å². The van der Waals surface area contributed by atoms with Crippen LogP contribution in [0.3, 0.4) is 0 Å². The third-order valence-corrected chi connectivity index (χ3v) is 4.91. The lowest BCUT2D eigenvalue weighted by molar-refractivity contribution is -0.122. The van der Waals surface area contributed by atoms with Crippen molar-refractivity contribution in [2.24, 2.45) is 5.92 Å². The van der Waals surface area contributed by atoms with Gasteiger partial charge in [-0.2, -0.15) is 0 Å². The zero-order chi connectivity index (χ0) is 20.3. The van der Waals surface area contributed by atoms with E-state index in [-0.39, 0.29) is 18.2 Å². The number of nitrogens with one attached hydrogen (secondary N) is 1. The van der Waals surface area contributed by atoms with Crippen LogP contribution in [0.15, 0.2) is 36.4 Å². The second-order valence-electron chi connectivity index (χ2n) is 6.28. The topological polar surface area (TPSA) is 77.1 Å². The van der Waals surface area contributed by atoms with E-state index in [1.54, 1.807) is 48.4 Å². The van der Waals surface area contributed by atoms with Gasteiger partial charge in [-0.3, -0.25) is 9.59 Å². The molecule has 0 saturated carbocycles. The lowest BCUT2D eigenvalue weighted by Crippen LogP contribution is -2.28. The van der Waals surface area contributed by atoms with E-state index in [1.807, 2.05) is 0 Å². The molecule has 0 spiro atoms. The maximum absolute atomic E-state index is 12.8. The van der Waals surface area contributed by atoms with Crippen molar-refractivity contribution in [1.82, 2.24) is 0 Å². The van der Waals surface area contributed by atoms with Gasteiger partial charge < -0.3 is 24.4 Å². The Morgan fingerprint density at radius 3 is 2.36 bits per heavy atom. The Morgan fingerprint density at radius 1 is 1.07 bits per heavy atom. The summed E-state index contributed by atoms with van der Waals surface area (Å²) in [6.45, 7) is 0.296. The summed E-state index contributed by atoms with van der Waals surface area (Å²) in [4.78, 5) is 26.8. The van der Waals surface area contributed by atoms with Crippen LogP contribution in [0.25, 0.3) is 0 Å². The maximum atomic E-state index is 12.8. The molecule has 1 saturated heterocycles. The van der Waals surface area contributed by atoms with E-state index in [0.717, 1.165) is 5.69 Å². The van der Waals surface area contributed by atoms with E-state index in [9.17, 15) is 9.59 Å². The lowest BCUT2D eigenvalue weighted by Gasteiger charge is -2.18. The number of anilines is 2. The Balaban J connectivity index is 1.74. The molecule has 1 atom stereocenters. The number of methoxy groups -OCH3 is 3. The maximum Gasteiger partial charge on any atom is 0.229 e. The standard InChI is InChI=1S/C20H21ClN2O5/c1-26-14-6-4-13(5-7-14)23-11-12(8-19(23)24)20(25)22-16-10-17(27-2)15(21)9-18(16)28-3/h4-7,9-10,12H,8,11H2,1-3H3,(H,22,25). The highest BCUT2D eigenvalue weighted by Gasteiger charge is 2.35. The number of amides is 2. The summed E-state index contributed by atoms with van der Waals surface area (Å²) in [5.74, 6) is 0.670. The number of hydrogen-bond donors (Lipinski definition) is 1. The number of nitrogens with zero attached hydrogens (tertiary/aromatic N) is 1. The Bertz CT molecular complexity index is 885. The second kappa shape index (κ2) is 8.39. The molecule has 3 rings (SSSR count). The molecule has 2 amide bonds. The molecule has 1 unspecified atom stereocenters. The average Bonchev–Trinajstić information content (AvgIpc) is 3.10. The number of carbonyl (C=O) groups excluding carboxylic acids is 2. The predicted molar refractivity (Wildman–Crippen MR) is 107 cm³/mol. The van der Waals surface area contributed by atoms with E-state index in [4.69, 9.17) is 25.8 Å².